The monoisotopic (exact) mass is 397 g/mol. The number of thiophene rings is 1. The van der Waals surface area contributed by atoms with E-state index in [1.807, 2.05) is 35.7 Å². The highest BCUT2D eigenvalue weighted by molar-refractivity contribution is 7.10. The van der Waals surface area contributed by atoms with Gasteiger partial charge in [-0.15, -0.1) is 11.3 Å². The second kappa shape index (κ2) is 9.62. The lowest BCUT2D eigenvalue weighted by Crippen LogP contribution is -2.88. The highest BCUT2D eigenvalue weighted by Crippen LogP contribution is 2.26. The number of halogens is 1. The second-order valence-electron chi connectivity index (χ2n) is 7.19. The molecule has 0 bridgehead atoms. The highest BCUT2D eigenvalue weighted by Gasteiger charge is 2.23. The summed E-state index contributed by atoms with van der Waals surface area (Å²) in [5, 5.41) is 7.19. The molecule has 0 spiro atoms. The van der Waals surface area contributed by atoms with Crippen LogP contribution in [0.5, 0.6) is 0 Å². The van der Waals surface area contributed by atoms with Crippen LogP contribution < -0.4 is 10.6 Å². The molecule has 0 fully saturated rings. The number of quaternary nitrogens is 1. The molecule has 0 aliphatic carbocycles. The third-order valence-corrected chi connectivity index (χ3v) is 5.73. The van der Waals surface area contributed by atoms with Gasteiger partial charge in [-0.05, 0) is 29.1 Å². The zero-order valence-corrected chi connectivity index (χ0v) is 17.0. The largest absolute Gasteiger partial charge is 0.339 e. The Balaban J connectivity index is 1.69. The first kappa shape index (κ1) is 20.2. The van der Waals surface area contributed by atoms with Gasteiger partial charge in [0.2, 0.25) is 0 Å². The number of nitrogens with one attached hydrogen (secondary N) is 1. The van der Waals surface area contributed by atoms with Gasteiger partial charge in [0.05, 0.1) is 6.04 Å². The minimum Gasteiger partial charge on any atom is -0.339 e. The molecule has 3 aromatic rings. The summed E-state index contributed by atoms with van der Waals surface area (Å²) in [5.41, 5.74) is 2.10. The topological polar surface area (TPSA) is 45.7 Å². The van der Waals surface area contributed by atoms with Crippen molar-refractivity contribution in [3.05, 3.63) is 93.9 Å². The lowest BCUT2D eigenvalue weighted by Gasteiger charge is -2.21. The SMILES string of the molecule is CC(C)[C@H]([NH2+]CC(=O)N[C@H](c1ccc(F)cc1)c1cccs1)c1ccccc1. The van der Waals surface area contributed by atoms with Gasteiger partial charge < -0.3 is 10.6 Å². The normalized spacial score (nSPS) is 13.3. The van der Waals surface area contributed by atoms with Crippen molar-refractivity contribution in [1.29, 1.82) is 0 Å². The van der Waals surface area contributed by atoms with Crippen LogP contribution in [0.2, 0.25) is 0 Å². The molecule has 1 amide bonds. The summed E-state index contributed by atoms with van der Waals surface area (Å²) < 4.78 is 13.3. The Labute approximate surface area is 169 Å². The molecule has 1 heterocycles. The number of hydrogen-bond acceptors (Lipinski definition) is 2. The minimum absolute atomic E-state index is 0.0377. The summed E-state index contributed by atoms with van der Waals surface area (Å²) in [4.78, 5) is 13.8. The number of carbonyl (C=O) groups is 1. The molecule has 5 heteroatoms. The molecule has 0 saturated carbocycles. The minimum atomic E-state index is -0.282. The predicted molar refractivity (Wildman–Crippen MR) is 112 cm³/mol. The molecular weight excluding hydrogens is 371 g/mol. The van der Waals surface area contributed by atoms with Gasteiger partial charge in [0.15, 0.2) is 6.54 Å². The number of carbonyl (C=O) groups excluding carboxylic acids is 1. The van der Waals surface area contributed by atoms with E-state index in [1.165, 1.54) is 17.7 Å². The summed E-state index contributed by atoms with van der Waals surface area (Å²) in [7, 11) is 0. The summed E-state index contributed by atoms with van der Waals surface area (Å²) in [6.07, 6.45) is 0. The van der Waals surface area contributed by atoms with Gasteiger partial charge in [-0.1, -0.05) is 62.4 Å². The van der Waals surface area contributed by atoms with Crippen molar-refractivity contribution < 1.29 is 14.5 Å². The van der Waals surface area contributed by atoms with Gasteiger partial charge in [-0.3, -0.25) is 4.79 Å². The van der Waals surface area contributed by atoms with Crippen LogP contribution in [-0.4, -0.2) is 12.5 Å². The first-order valence-corrected chi connectivity index (χ1v) is 10.4. The fourth-order valence-corrected chi connectivity index (χ4v) is 4.15. The second-order valence-corrected chi connectivity index (χ2v) is 8.17. The van der Waals surface area contributed by atoms with Crippen molar-refractivity contribution in [2.75, 3.05) is 6.54 Å². The summed E-state index contributed by atoms with van der Waals surface area (Å²) in [6, 6.07) is 20.5. The maximum atomic E-state index is 13.3. The lowest BCUT2D eigenvalue weighted by atomic mass is 9.96. The Morgan fingerprint density at radius 2 is 1.71 bits per heavy atom. The van der Waals surface area contributed by atoms with Crippen LogP contribution in [0.1, 0.15) is 41.9 Å². The van der Waals surface area contributed by atoms with E-state index in [9.17, 15) is 9.18 Å². The quantitative estimate of drug-likeness (QED) is 0.592. The van der Waals surface area contributed by atoms with Crippen molar-refractivity contribution >= 4 is 17.2 Å². The van der Waals surface area contributed by atoms with Gasteiger partial charge >= 0.3 is 0 Å². The van der Waals surface area contributed by atoms with Crippen LogP contribution in [-0.2, 0) is 4.79 Å². The zero-order valence-electron chi connectivity index (χ0n) is 16.1. The number of rotatable bonds is 8. The molecule has 146 valence electrons. The zero-order chi connectivity index (χ0) is 19.9. The van der Waals surface area contributed by atoms with E-state index in [0.29, 0.717) is 12.5 Å². The summed E-state index contributed by atoms with van der Waals surface area (Å²) in [5.74, 6) is 0.0840. The van der Waals surface area contributed by atoms with Crippen molar-refractivity contribution in [3.8, 4) is 0 Å². The van der Waals surface area contributed by atoms with Crippen LogP contribution in [0.25, 0.3) is 0 Å². The predicted octanol–water partition coefficient (Wildman–Crippen LogP) is 4.05. The van der Waals surface area contributed by atoms with Crippen LogP contribution in [0.3, 0.4) is 0 Å². The maximum absolute atomic E-state index is 13.3. The number of amides is 1. The average Bonchev–Trinajstić information content (AvgIpc) is 3.22. The molecule has 0 unspecified atom stereocenters. The molecule has 1 aromatic heterocycles. The Kier molecular flexibility index (Phi) is 6.95. The van der Waals surface area contributed by atoms with Crippen molar-refractivity contribution in [2.45, 2.75) is 25.9 Å². The average molecular weight is 398 g/mol. The van der Waals surface area contributed by atoms with E-state index >= 15 is 0 Å². The Morgan fingerprint density at radius 1 is 1.00 bits per heavy atom. The van der Waals surface area contributed by atoms with Gasteiger partial charge in [-0.2, -0.15) is 0 Å². The van der Waals surface area contributed by atoms with Gasteiger partial charge in [-0.25, -0.2) is 4.39 Å². The lowest BCUT2D eigenvalue weighted by molar-refractivity contribution is -0.692. The fourth-order valence-electron chi connectivity index (χ4n) is 3.35. The van der Waals surface area contributed by atoms with Crippen molar-refractivity contribution in [1.82, 2.24) is 5.32 Å². The molecule has 3 rings (SSSR count). The van der Waals surface area contributed by atoms with Crippen molar-refractivity contribution in [3.63, 3.8) is 0 Å². The van der Waals surface area contributed by atoms with Gasteiger partial charge in [0.25, 0.3) is 5.91 Å². The maximum Gasteiger partial charge on any atom is 0.275 e. The van der Waals surface area contributed by atoms with Crippen LogP contribution in [0.15, 0.2) is 72.1 Å². The van der Waals surface area contributed by atoms with Crippen LogP contribution in [0.4, 0.5) is 4.39 Å². The third kappa shape index (κ3) is 5.27. The smallest absolute Gasteiger partial charge is 0.275 e. The first-order chi connectivity index (χ1) is 13.5. The third-order valence-electron chi connectivity index (χ3n) is 4.80. The van der Waals surface area contributed by atoms with Gasteiger partial charge in [0, 0.05) is 16.4 Å². The Bertz CT molecular complexity index is 863. The molecule has 3 nitrogen and oxygen atoms in total. The highest BCUT2D eigenvalue weighted by atomic mass is 32.1. The molecule has 2 aromatic carbocycles. The van der Waals surface area contributed by atoms with Crippen LogP contribution in [0, 0.1) is 11.7 Å². The molecule has 0 aliphatic heterocycles. The molecule has 0 saturated heterocycles. The molecule has 2 atom stereocenters. The van der Waals surface area contributed by atoms with E-state index in [4.69, 9.17) is 0 Å². The number of benzene rings is 2. The molecule has 0 aliphatic rings. The van der Waals surface area contributed by atoms with E-state index < -0.39 is 0 Å². The van der Waals surface area contributed by atoms with E-state index in [0.717, 1.165) is 10.4 Å². The van der Waals surface area contributed by atoms with E-state index in [1.54, 1.807) is 23.5 Å². The van der Waals surface area contributed by atoms with Crippen LogP contribution >= 0.6 is 11.3 Å². The van der Waals surface area contributed by atoms with Gasteiger partial charge in [0.1, 0.15) is 11.9 Å². The fraction of sp³-hybridized carbons (Fsp3) is 0.261. The Morgan fingerprint density at radius 3 is 2.32 bits per heavy atom. The first-order valence-electron chi connectivity index (χ1n) is 9.51. The molecule has 28 heavy (non-hydrogen) atoms. The Hall–Kier alpha value is -2.50. The number of nitrogens with two attached hydrogens (primary N) is 1. The van der Waals surface area contributed by atoms with E-state index in [2.05, 4.69) is 36.6 Å². The summed E-state index contributed by atoms with van der Waals surface area (Å²) in [6.45, 7) is 4.67. The van der Waals surface area contributed by atoms with E-state index in [-0.39, 0.29) is 23.8 Å². The number of hydrogen-bond donors (Lipinski definition) is 2. The molecular formula is C23H26FN2OS+. The molecule has 3 N–H and O–H groups in total. The van der Waals surface area contributed by atoms with Crippen molar-refractivity contribution in [2.24, 2.45) is 5.92 Å². The molecule has 0 radical (unpaired) electrons. The summed E-state index contributed by atoms with van der Waals surface area (Å²) >= 11 is 1.58. The standard InChI is InChI=1S/C23H25FN2OS/c1-16(2)22(17-7-4-3-5-8-17)25-15-21(27)26-23(20-9-6-14-28-20)18-10-12-19(24)13-11-18/h3-14,16,22-23,25H,15H2,1-2H3,(H,26,27)/p+1/t22-,23+/m0/s1.